The summed E-state index contributed by atoms with van der Waals surface area (Å²) in [6.45, 7) is 4.04. The Kier molecular flexibility index (Phi) is 3.87. The molecule has 0 spiro atoms. The van der Waals surface area contributed by atoms with Crippen molar-refractivity contribution in [2.24, 2.45) is 0 Å². The van der Waals surface area contributed by atoms with Crippen molar-refractivity contribution in [2.75, 3.05) is 11.5 Å². The molecule has 5 heteroatoms. The summed E-state index contributed by atoms with van der Waals surface area (Å²) in [4.78, 5) is 0. The average Bonchev–Trinajstić information content (AvgIpc) is 2.56. The van der Waals surface area contributed by atoms with Gasteiger partial charge in [-0.3, -0.25) is 0 Å². The summed E-state index contributed by atoms with van der Waals surface area (Å²) in [5.74, 6) is 0.765. The van der Waals surface area contributed by atoms with E-state index < -0.39 is 9.84 Å². The van der Waals surface area contributed by atoms with E-state index in [0.717, 1.165) is 12.0 Å². The Morgan fingerprint density at radius 3 is 2.53 bits per heavy atom. The van der Waals surface area contributed by atoms with Gasteiger partial charge < -0.3 is 10.4 Å². The number of phenols is 1. The van der Waals surface area contributed by atoms with Gasteiger partial charge in [-0.25, -0.2) is 8.42 Å². The molecular formula is C14H21NO3S. The topological polar surface area (TPSA) is 66.4 Å². The maximum atomic E-state index is 11.6. The second-order valence-electron chi connectivity index (χ2n) is 5.82. The zero-order valence-electron chi connectivity index (χ0n) is 11.4. The lowest BCUT2D eigenvalue weighted by Crippen LogP contribution is -2.48. The molecule has 2 unspecified atom stereocenters. The van der Waals surface area contributed by atoms with Gasteiger partial charge in [-0.05, 0) is 44.4 Å². The van der Waals surface area contributed by atoms with E-state index in [0.29, 0.717) is 6.42 Å². The van der Waals surface area contributed by atoms with Gasteiger partial charge in [0.1, 0.15) is 5.75 Å². The highest BCUT2D eigenvalue weighted by molar-refractivity contribution is 7.91. The van der Waals surface area contributed by atoms with Crippen LogP contribution in [0.2, 0.25) is 0 Å². The number of aromatic hydroxyl groups is 1. The molecule has 2 rings (SSSR count). The number of hydrogen-bond acceptors (Lipinski definition) is 4. The molecule has 1 aromatic carbocycles. The van der Waals surface area contributed by atoms with Gasteiger partial charge in [-0.15, -0.1) is 0 Å². The maximum Gasteiger partial charge on any atom is 0.152 e. The Labute approximate surface area is 114 Å². The third-order valence-electron chi connectivity index (χ3n) is 3.58. The van der Waals surface area contributed by atoms with Crippen molar-refractivity contribution in [1.82, 2.24) is 5.32 Å². The van der Waals surface area contributed by atoms with Gasteiger partial charge in [-0.1, -0.05) is 12.1 Å². The summed E-state index contributed by atoms with van der Waals surface area (Å²) < 4.78 is 23.1. The fraction of sp³-hybridized carbons (Fsp3) is 0.571. The standard InChI is InChI=1S/C14H21NO3S/c1-11(9-12-3-5-13(16)6-4-12)15-14(2)7-8-19(17,18)10-14/h3-6,11,15-16H,7-10H2,1-2H3. The summed E-state index contributed by atoms with van der Waals surface area (Å²) in [6.07, 6.45) is 1.49. The van der Waals surface area contributed by atoms with Crippen LogP contribution in [0.15, 0.2) is 24.3 Å². The number of benzene rings is 1. The Balaban J connectivity index is 1.94. The summed E-state index contributed by atoms with van der Waals surface area (Å²) in [7, 11) is -2.87. The molecule has 0 saturated carbocycles. The molecule has 1 aromatic rings. The lowest BCUT2D eigenvalue weighted by atomic mass is 9.98. The first-order valence-electron chi connectivity index (χ1n) is 6.54. The lowest BCUT2D eigenvalue weighted by molar-refractivity contribution is 0.349. The second-order valence-corrected chi connectivity index (χ2v) is 8.00. The van der Waals surface area contributed by atoms with Crippen molar-refractivity contribution in [3.8, 4) is 5.75 Å². The molecule has 1 aliphatic rings. The summed E-state index contributed by atoms with van der Waals surface area (Å²) in [5, 5.41) is 12.7. The fourth-order valence-electron chi connectivity index (χ4n) is 2.76. The number of nitrogens with one attached hydrogen (secondary N) is 1. The largest absolute Gasteiger partial charge is 0.508 e. The second kappa shape index (κ2) is 5.13. The molecule has 2 N–H and O–H groups in total. The van der Waals surface area contributed by atoms with Crippen LogP contribution in [0.4, 0.5) is 0 Å². The number of phenolic OH excluding ortho intramolecular Hbond substituents is 1. The van der Waals surface area contributed by atoms with Crippen LogP contribution in [-0.2, 0) is 16.3 Å². The lowest BCUT2D eigenvalue weighted by Gasteiger charge is -2.28. The van der Waals surface area contributed by atoms with E-state index >= 15 is 0 Å². The van der Waals surface area contributed by atoms with Crippen LogP contribution in [-0.4, -0.2) is 36.6 Å². The molecule has 1 saturated heterocycles. The highest BCUT2D eigenvalue weighted by atomic mass is 32.2. The van der Waals surface area contributed by atoms with Gasteiger partial charge >= 0.3 is 0 Å². The highest BCUT2D eigenvalue weighted by Crippen LogP contribution is 2.24. The molecule has 0 aliphatic carbocycles. The predicted octanol–water partition coefficient (Wildman–Crippen LogP) is 1.49. The maximum absolute atomic E-state index is 11.6. The summed E-state index contributed by atoms with van der Waals surface area (Å²) in [6, 6.07) is 7.32. The van der Waals surface area contributed by atoms with Crippen LogP contribution in [0.3, 0.4) is 0 Å². The number of rotatable bonds is 4. The van der Waals surface area contributed by atoms with E-state index in [9.17, 15) is 13.5 Å². The minimum atomic E-state index is -2.87. The van der Waals surface area contributed by atoms with Gasteiger partial charge in [0.05, 0.1) is 11.5 Å². The zero-order chi connectivity index (χ0) is 14.1. The Morgan fingerprint density at radius 2 is 2.00 bits per heavy atom. The Morgan fingerprint density at radius 1 is 1.37 bits per heavy atom. The highest BCUT2D eigenvalue weighted by Gasteiger charge is 2.38. The van der Waals surface area contributed by atoms with E-state index in [1.54, 1.807) is 12.1 Å². The minimum Gasteiger partial charge on any atom is -0.508 e. The first kappa shape index (κ1) is 14.3. The van der Waals surface area contributed by atoms with Gasteiger partial charge in [0.15, 0.2) is 9.84 Å². The van der Waals surface area contributed by atoms with Gasteiger partial charge in [0.2, 0.25) is 0 Å². The monoisotopic (exact) mass is 283 g/mol. The van der Waals surface area contributed by atoms with Crippen molar-refractivity contribution in [2.45, 2.75) is 38.3 Å². The SMILES string of the molecule is CC(Cc1ccc(O)cc1)NC1(C)CCS(=O)(=O)C1. The fourth-order valence-corrected chi connectivity index (χ4v) is 4.86. The molecule has 19 heavy (non-hydrogen) atoms. The van der Waals surface area contributed by atoms with Gasteiger partial charge in [-0.2, -0.15) is 0 Å². The first-order valence-corrected chi connectivity index (χ1v) is 8.36. The van der Waals surface area contributed by atoms with Crippen LogP contribution < -0.4 is 5.32 Å². The molecule has 1 heterocycles. The van der Waals surface area contributed by atoms with Crippen LogP contribution in [0.5, 0.6) is 5.75 Å². The number of hydrogen-bond donors (Lipinski definition) is 2. The molecule has 4 nitrogen and oxygen atoms in total. The van der Waals surface area contributed by atoms with Crippen LogP contribution in [0, 0.1) is 0 Å². The summed E-state index contributed by atoms with van der Waals surface area (Å²) in [5.41, 5.74) is 0.817. The van der Waals surface area contributed by atoms with Gasteiger partial charge in [0, 0.05) is 11.6 Å². The van der Waals surface area contributed by atoms with Crippen LogP contribution in [0.25, 0.3) is 0 Å². The smallest absolute Gasteiger partial charge is 0.152 e. The Bertz CT molecular complexity index is 538. The van der Waals surface area contributed by atoms with E-state index in [4.69, 9.17) is 0 Å². The van der Waals surface area contributed by atoms with E-state index in [1.165, 1.54) is 0 Å². The molecule has 106 valence electrons. The Hall–Kier alpha value is -1.07. The normalized spacial score (nSPS) is 27.3. The van der Waals surface area contributed by atoms with Crippen LogP contribution >= 0.6 is 0 Å². The third-order valence-corrected chi connectivity index (χ3v) is 5.48. The van der Waals surface area contributed by atoms with Crippen molar-refractivity contribution in [1.29, 1.82) is 0 Å². The quantitative estimate of drug-likeness (QED) is 0.878. The molecule has 0 aromatic heterocycles. The molecule has 0 bridgehead atoms. The van der Waals surface area contributed by atoms with E-state index in [1.807, 2.05) is 19.1 Å². The molecule has 0 radical (unpaired) electrons. The first-order chi connectivity index (χ1) is 8.78. The average molecular weight is 283 g/mol. The zero-order valence-corrected chi connectivity index (χ0v) is 12.2. The van der Waals surface area contributed by atoms with Crippen molar-refractivity contribution in [3.63, 3.8) is 0 Å². The molecule has 2 atom stereocenters. The van der Waals surface area contributed by atoms with Crippen molar-refractivity contribution < 1.29 is 13.5 Å². The van der Waals surface area contributed by atoms with Crippen molar-refractivity contribution in [3.05, 3.63) is 29.8 Å². The molecule has 0 amide bonds. The number of sulfone groups is 1. The molecular weight excluding hydrogens is 262 g/mol. The minimum absolute atomic E-state index is 0.197. The summed E-state index contributed by atoms with van der Waals surface area (Å²) >= 11 is 0. The van der Waals surface area contributed by atoms with Gasteiger partial charge in [0.25, 0.3) is 0 Å². The van der Waals surface area contributed by atoms with E-state index in [2.05, 4.69) is 12.2 Å². The van der Waals surface area contributed by atoms with E-state index in [-0.39, 0.29) is 28.8 Å². The molecule has 1 fully saturated rings. The van der Waals surface area contributed by atoms with Crippen molar-refractivity contribution >= 4 is 9.84 Å². The predicted molar refractivity (Wildman–Crippen MR) is 76.1 cm³/mol. The van der Waals surface area contributed by atoms with Crippen LogP contribution in [0.1, 0.15) is 25.8 Å². The molecule has 1 aliphatic heterocycles. The third kappa shape index (κ3) is 3.94.